The molecule has 1 aliphatic rings. The van der Waals surface area contributed by atoms with Crippen LogP contribution in [-0.2, 0) is 0 Å². The van der Waals surface area contributed by atoms with Crippen molar-refractivity contribution >= 4 is 28.5 Å². The van der Waals surface area contributed by atoms with E-state index in [0.717, 1.165) is 29.3 Å². The Labute approximate surface area is 133 Å². The number of nitrogens with two attached hydrogens (primary N) is 1. The van der Waals surface area contributed by atoms with Crippen LogP contribution >= 0.6 is 0 Å². The first-order chi connectivity index (χ1) is 11.1. The maximum absolute atomic E-state index is 12.2. The second-order valence-electron chi connectivity index (χ2n) is 5.62. The number of anilines is 1. The van der Waals surface area contributed by atoms with Crippen molar-refractivity contribution in [1.82, 2.24) is 15.2 Å². The van der Waals surface area contributed by atoms with Gasteiger partial charge in [0.15, 0.2) is 0 Å². The summed E-state index contributed by atoms with van der Waals surface area (Å²) in [4.78, 5) is 29.1. The number of carbonyl (C=O) groups is 2. The maximum Gasteiger partial charge on any atom is 0.319 e. The first kappa shape index (κ1) is 15.1. The Morgan fingerprint density at radius 1 is 1.30 bits per heavy atom. The second kappa shape index (κ2) is 6.51. The number of hydrogen-bond donors (Lipinski definition) is 3. The van der Waals surface area contributed by atoms with E-state index in [4.69, 9.17) is 5.73 Å². The van der Waals surface area contributed by atoms with Crippen molar-refractivity contribution < 1.29 is 9.59 Å². The van der Waals surface area contributed by atoms with E-state index in [1.165, 1.54) is 0 Å². The zero-order valence-electron chi connectivity index (χ0n) is 12.7. The molecule has 0 unspecified atom stereocenters. The highest BCUT2D eigenvalue weighted by Crippen LogP contribution is 2.22. The molecule has 0 bridgehead atoms. The molecule has 4 N–H and O–H groups in total. The minimum absolute atomic E-state index is 0.0899. The fraction of sp³-hybridized carbons (Fsp3) is 0.312. The molecule has 2 aromatic rings. The van der Waals surface area contributed by atoms with Crippen LogP contribution in [0.4, 0.5) is 15.3 Å². The van der Waals surface area contributed by atoms with Gasteiger partial charge in [-0.25, -0.2) is 9.59 Å². The SMILES string of the molecule is NC(=O)N1CCC[C@H](NC(=O)Nc2cccc3cnccc23)C1. The van der Waals surface area contributed by atoms with E-state index >= 15 is 0 Å². The van der Waals surface area contributed by atoms with Crippen LogP contribution in [0.3, 0.4) is 0 Å². The molecular weight excluding hydrogens is 294 g/mol. The number of likely N-dealkylation sites (tertiary alicyclic amines) is 1. The van der Waals surface area contributed by atoms with Gasteiger partial charge in [-0.2, -0.15) is 0 Å². The lowest BCUT2D eigenvalue weighted by atomic mass is 10.1. The number of amides is 4. The van der Waals surface area contributed by atoms with Crippen LogP contribution in [0.2, 0.25) is 0 Å². The van der Waals surface area contributed by atoms with Crippen LogP contribution in [0.25, 0.3) is 10.8 Å². The summed E-state index contributed by atoms with van der Waals surface area (Å²) in [5.74, 6) is 0. The number of primary amides is 1. The number of carbonyl (C=O) groups excluding carboxylic acids is 2. The Bertz CT molecular complexity index is 728. The van der Waals surface area contributed by atoms with Crippen LogP contribution < -0.4 is 16.4 Å². The minimum Gasteiger partial charge on any atom is -0.351 e. The van der Waals surface area contributed by atoms with E-state index in [9.17, 15) is 9.59 Å². The van der Waals surface area contributed by atoms with Gasteiger partial charge in [0.2, 0.25) is 0 Å². The number of pyridine rings is 1. The topological polar surface area (TPSA) is 100 Å². The van der Waals surface area contributed by atoms with Crippen molar-refractivity contribution in [1.29, 1.82) is 0 Å². The highest BCUT2D eigenvalue weighted by molar-refractivity contribution is 6.01. The molecule has 0 saturated carbocycles. The Morgan fingerprint density at radius 2 is 2.17 bits per heavy atom. The predicted molar refractivity (Wildman–Crippen MR) is 88.1 cm³/mol. The van der Waals surface area contributed by atoms with E-state index in [1.54, 1.807) is 17.3 Å². The third kappa shape index (κ3) is 3.50. The molecule has 1 aliphatic heterocycles. The molecule has 7 nitrogen and oxygen atoms in total. The fourth-order valence-electron chi connectivity index (χ4n) is 2.87. The van der Waals surface area contributed by atoms with E-state index < -0.39 is 6.03 Å². The second-order valence-corrected chi connectivity index (χ2v) is 5.62. The number of benzene rings is 1. The number of nitrogens with one attached hydrogen (secondary N) is 2. The van der Waals surface area contributed by atoms with E-state index in [-0.39, 0.29) is 12.1 Å². The normalized spacial score (nSPS) is 17.7. The number of urea groups is 2. The molecule has 2 heterocycles. The molecule has 3 rings (SSSR count). The molecule has 1 aromatic carbocycles. The van der Waals surface area contributed by atoms with Crippen LogP contribution in [0, 0.1) is 0 Å². The van der Waals surface area contributed by atoms with Gasteiger partial charge in [0, 0.05) is 42.3 Å². The summed E-state index contributed by atoms with van der Waals surface area (Å²) < 4.78 is 0. The average molecular weight is 313 g/mol. The first-order valence-electron chi connectivity index (χ1n) is 7.58. The van der Waals surface area contributed by atoms with Gasteiger partial charge in [-0.3, -0.25) is 4.98 Å². The standard InChI is InChI=1S/C16H19N5O2/c17-15(22)21-8-2-4-12(10-21)19-16(23)20-14-5-1-3-11-9-18-7-6-13(11)14/h1,3,5-7,9,12H,2,4,8,10H2,(H2,17,22)(H2,19,20,23)/t12-/m0/s1. The van der Waals surface area contributed by atoms with E-state index in [0.29, 0.717) is 13.1 Å². The number of nitrogens with zero attached hydrogens (tertiary/aromatic N) is 2. The molecule has 1 fully saturated rings. The molecule has 0 spiro atoms. The first-order valence-corrected chi connectivity index (χ1v) is 7.58. The van der Waals surface area contributed by atoms with Gasteiger partial charge < -0.3 is 21.3 Å². The lowest BCUT2D eigenvalue weighted by molar-refractivity contribution is 0.181. The fourth-order valence-corrected chi connectivity index (χ4v) is 2.87. The lowest BCUT2D eigenvalue weighted by Crippen LogP contribution is -2.51. The van der Waals surface area contributed by atoms with Gasteiger partial charge in [-0.1, -0.05) is 12.1 Å². The molecule has 0 aliphatic carbocycles. The number of aromatic nitrogens is 1. The summed E-state index contributed by atoms with van der Waals surface area (Å²) in [6, 6.07) is 6.70. The Kier molecular flexibility index (Phi) is 4.27. The van der Waals surface area contributed by atoms with Crippen molar-refractivity contribution in [2.75, 3.05) is 18.4 Å². The summed E-state index contributed by atoms with van der Waals surface area (Å²) in [6.07, 6.45) is 5.10. The van der Waals surface area contributed by atoms with Gasteiger partial charge in [-0.05, 0) is 25.0 Å². The van der Waals surface area contributed by atoms with Crippen molar-refractivity contribution in [2.24, 2.45) is 5.73 Å². The predicted octanol–water partition coefficient (Wildman–Crippen LogP) is 1.90. The van der Waals surface area contributed by atoms with Gasteiger partial charge >= 0.3 is 12.1 Å². The summed E-state index contributed by atoms with van der Waals surface area (Å²) in [6.45, 7) is 1.09. The van der Waals surface area contributed by atoms with Crippen molar-refractivity contribution in [3.8, 4) is 0 Å². The lowest BCUT2D eigenvalue weighted by Gasteiger charge is -2.31. The zero-order valence-corrected chi connectivity index (χ0v) is 12.7. The zero-order chi connectivity index (χ0) is 16.2. The molecule has 0 radical (unpaired) electrons. The minimum atomic E-state index is -0.446. The van der Waals surface area contributed by atoms with Crippen molar-refractivity contribution in [2.45, 2.75) is 18.9 Å². The van der Waals surface area contributed by atoms with Gasteiger partial charge in [0.25, 0.3) is 0 Å². The van der Waals surface area contributed by atoms with Crippen molar-refractivity contribution in [3.63, 3.8) is 0 Å². The summed E-state index contributed by atoms with van der Waals surface area (Å²) in [5, 5.41) is 7.66. The highest BCUT2D eigenvalue weighted by atomic mass is 16.2. The molecular formula is C16H19N5O2. The number of fused-ring (bicyclic) bond motifs is 1. The number of rotatable bonds is 2. The average Bonchev–Trinajstić information content (AvgIpc) is 2.55. The molecule has 120 valence electrons. The third-order valence-electron chi connectivity index (χ3n) is 4.00. The van der Waals surface area contributed by atoms with E-state index in [1.807, 2.05) is 24.3 Å². The third-order valence-corrected chi connectivity index (χ3v) is 4.00. The Morgan fingerprint density at radius 3 is 3.00 bits per heavy atom. The summed E-state index contributed by atoms with van der Waals surface area (Å²) in [7, 11) is 0. The summed E-state index contributed by atoms with van der Waals surface area (Å²) in [5.41, 5.74) is 6.03. The molecule has 1 aromatic heterocycles. The molecule has 1 saturated heterocycles. The van der Waals surface area contributed by atoms with Gasteiger partial charge in [-0.15, -0.1) is 0 Å². The summed E-state index contributed by atoms with van der Waals surface area (Å²) >= 11 is 0. The van der Waals surface area contributed by atoms with Crippen LogP contribution in [0.5, 0.6) is 0 Å². The Hall–Kier alpha value is -2.83. The number of piperidine rings is 1. The number of hydrogen-bond acceptors (Lipinski definition) is 3. The van der Waals surface area contributed by atoms with Crippen LogP contribution in [0.1, 0.15) is 12.8 Å². The maximum atomic E-state index is 12.2. The van der Waals surface area contributed by atoms with Crippen molar-refractivity contribution in [3.05, 3.63) is 36.7 Å². The van der Waals surface area contributed by atoms with Gasteiger partial charge in [0.05, 0.1) is 5.69 Å². The quantitative estimate of drug-likeness (QED) is 0.789. The molecule has 4 amide bonds. The van der Waals surface area contributed by atoms with Crippen LogP contribution in [0.15, 0.2) is 36.7 Å². The monoisotopic (exact) mass is 313 g/mol. The van der Waals surface area contributed by atoms with Gasteiger partial charge in [0.1, 0.15) is 0 Å². The van der Waals surface area contributed by atoms with Crippen LogP contribution in [-0.4, -0.2) is 41.1 Å². The smallest absolute Gasteiger partial charge is 0.319 e. The largest absolute Gasteiger partial charge is 0.351 e. The molecule has 1 atom stereocenters. The highest BCUT2D eigenvalue weighted by Gasteiger charge is 2.23. The Balaban J connectivity index is 1.66. The molecule has 23 heavy (non-hydrogen) atoms. The van der Waals surface area contributed by atoms with E-state index in [2.05, 4.69) is 15.6 Å². The molecule has 7 heteroatoms.